The van der Waals surface area contributed by atoms with E-state index in [0.717, 1.165) is 25.2 Å². The van der Waals surface area contributed by atoms with Crippen molar-refractivity contribution in [3.63, 3.8) is 0 Å². The van der Waals surface area contributed by atoms with Gasteiger partial charge < -0.3 is 10.1 Å². The molecule has 1 N–H and O–H groups in total. The van der Waals surface area contributed by atoms with Gasteiger partial charge in [0.15, 0.2) is 0 Å². The predicted molar refractivity (Wildman–Crippen MR) is 83.3 cm³/mol. The van der Waals surface area contributed by atoms with Crippen molar-refractivity contribution >= 4 is 5.91 Å². The molecule has 1 aromatic rings. The maximum absolute atomic E-state index is 11.9. The summed E-state index contributed by atoms with van der Waals surface area (Å²) in [6.07, 6.45) is 5.73. The highest BCUT2D eigenvalue weighted by Gasteiger charge is 2.08. The Balaban J connectivity index is 2.38. The van der Waals surface area contributed by atoms with E-state index in [1.54, 1.807) is 0 Å². The molecule has 1 unspecified atom stereocenters. The number of rotatable bonds is 9. The Hall–Kier alpha value is -1.51. The number of amides is 1. The molecule has 20 heavy (non-hydrogen) atoms. The van der Waals surface area contributed by atoms with Crippen LogP contribution < -0.4 is 10.1 Å². The minimum absolute atomic E-state index is 0.0196. The van der Waals surface area contributed by atoms with Gasteiger partial charge in [-0.1, -0.05) is 33.1 Å². The van der Waals surface area contributed by atoms with Gasteiger partial charge in [0.2, 0.25) is 0 Å². The molecule has 1 aromatic carbocycles. The van der Waals surface area contributed by atoms with Crippen molar-refractivity contribution in [3.8, 4) is 5.75 Å². The highest BCUT2D eigenvalue weighted by Crippen LogP contribution is 2.13. The Kier molecular flexibility index (Phi) is 7.78. The molecule has 0 heterocycles. The largest absolute Gasteiger partial charge is 0.494 e. The van der Waals surface area contributed by atoms with Crippen molar-refractivity contribution < 1.29 is 9.53 Å². The van der Waals surface area contributed by atoms with E-state index in [-0.39, 0.29) is 11.9 Å². The lowest BCUT2D eigenvalue weighted by atomic mass is 10.2. The summed E-state index contributed by atoms with van der Waals surface area (Å²) in [5.41, 5.74) is 0.684. The number of unbranched alkanes of at least 4 members (excludes halogenated alkanes) is 3. The van der Waals surface area contributed by atoms with Crippen LogP contribution in [0, 0.1) is 0 Å². The van der Waals surface area contributed by atoms with E-state index < -0.39 is 0 Å². The first kappa shape index (κ1) is 16.5. The highest BCUT2D eigenvalue weighted by molar-refractivity contribution is 5.94. The molecule has 0 bridgehead atoms. The van der Waals surface area contributed by atoms with Crippen molar-refractivity contribution in [2.75, 3.05) is 6.61 Å². The average Bonchev–Trinajstić information content (AvgIpc) is 2.47. The third kappa shape index (κ3) is 6.09. The minimum Gasteiger partial charge on any atom is -0.494 e. The molecule has 3 heteroatoms. The molecular formula is C17H27NO2. The van der Waals surface area contributed by atoms with E-state index >= 15 is 0 Å². The summed E-state index contributed by atoms with van der Waals surface area (Å²) in [5, 5.41) is 2.95. The van der Waals surface area contributed by atoms with Gasteiger partial charge in [-0.3, -0.25) is 4.79 Å². The van der Waals surface area contributed by atoms with Gasteiger partial charge in [-0.05, 0) is 44.0 Å². The molecule has 0 saturated carbocycles. The van der Waals surface area contributed by atoms with Crippen LogP contribution in [-0.4, -0.2) is 18.6 Å². The standard InChI is InChI=1S/C17H27NO2/c1-4-6-7-8-13-20-16-11-9-15(10-12-16)17(19)18-14(3)5-2/h9-12,14H,4-8,13H2,1-3H3,(H,18,19). The number of nitrogens with one attached hydrogen (secondary N) is 1. The average molecular weight is 277 g/mol. The van der Waals surface area contributed by atoms with Gasteiger partial charge >= 0.3 is 0 Å². The molecule has 0 aliphatic carbocycles. The van der Waals surface area contributed by atoms with Crippen LogP contribution >= 0.6 is 0 Å². The summed E-state index contributed by atoms with van der Waals surface area (Å²) in [5.74, 6) is 0.815. The molecule has 0 aliphatic rings. The molecule has 1 rings (SSSR count). The van der Waals surface area contributed by atoms with Gasteiger partial charge in [-0.2, -0.15) is 0 Å². The number of hydrogen-bond acceptors (Lipinski definition) is 2. The predicted octanol–water partition coefficient (Wildman–Crippen LogP) is 4.17. The van der Waals surface area contributed by atoms with E-state index in [9.17, 15) is 4.79 Å². The monoisotopic (exact) mass is 277 g/mol. The van der Waals surface area contributed by atoms with Gasteiger partial charge in [-0.25, -0.2) is 0 Å². The SMILES string of the molecule is CCCCCCOc1ccc(C(=O)NC(C)CC)cc1. The number of benzene rings is 1. The third-order valence-corrected chi connectivity index (χ3v) is 3.37. The Morgan fingerprint density at radius 2 is 1.85 bits per heavy atom. The van der Waals surface area contributed by atoms with Crippen LogP contribution in [0.25, 0.3) is 0 Å². The van der Waals surface area contributed by atoms with Crippen LogP contribution in [0.5, 0.6) is 5.75 Å². The molecule has 0 aliphatic heterocycles. The van der Waals surface area contributed by atoms with Crippen molar-refractivity contribution in [1.82, 2.24) is 5.32 Å². The van der Waals surface area contributed by atoms with Crippen LogP contribution in [-0.2, 0) is 0 Å². The summed E-state index contributed by atoms with van der Waals surface area (Å²) in [6, 6.07) is 7.58. The lowest BCUT2D eigenvalue weighted by Crippen LogP contribution is -2.31. The van der Waals surface area contributed by atoms with Crippen molar-refractivity contribution in [1.29, 1.82) is 0 Å². The fraction of sp³-hybridized carbons (Fsp3) is 0.588. The zero-order valence-electron chi connectivity index (χ0n) is 12.9. The maximum atomic E-state index is 11.9. The Labute approximate surface area is 122 Å². The van der Waals surface area contributed by atoms with Gasteiger partial charge in [0, 0.05) is 11.6 Å². The molecule has 1 amide bonds. The molecule has 112 valence electrons. The van der Waals surface area contributed by atoms with E-state index in [1.807, 2.05) is 31.2 Å². The number of carbonyl (C=O) groups excluding carboxylic acids is 1. The summed E-state index contributed by atoms with van der Waals surface area (Å²) in [7, 11) is 0. The topological polar surface area (TPSA) is 38.3 Å². The lowest BCUT2D eigenvalue weighted by molar-refractivity contribution is 0.0939. The second-order valence-corrected chi connectivity index (χ2v) is 5.22. The molecule has 0 saturated heterocycles. The molecule has 0 fully saturated rings. The van der Waals surface area contributed by atoms with E-state index in [2.05, 4.69) is 19.2 Å². The van der Waals surface area contributed by atoms with Crippen molar-refractivity contribution in [2.24, 2.45) is 0 Å². The minimum atomic E-state index is -0.0196. The van der Waals surface area contributed by atoms with Gasteiger partial charge in [0.1, 0.15) is 5.75 Å². The second kappa shape index (κ2) is 9.40. The molecule has 3 nitrogen and oxygen atoms in total. The summed E-state index contributed by atoms with van der Waals surface area (Å²) >= 11 is 0. The third-order valence-electron chi connectivity index (χ3n) is 3.37. The highest BCUT2D eigenvalue weighted by atomic mass is 16.5. The number of ether oxygens (including phenoxy) is 1. The molecule has 0 aromatic heterocycles. The molecule has 1 atom stereocenters. The Morgan fingerprint density at radius 3 is 2.45 bits per heavy atom. The fourth-order valence-electron chi connectivity index (χ4n) is 1.83. The smallest absolute Gasteiger partial charge is 0.251 e. The molecule has 0 spiro atoms. The first-order valence-electron chi connectivity index (χ1n) is 7.71. The van der Waals surface area contributed by atoms with Crippen molar-refractivity contribution in [3.05, 3.63) is 29.8 Å². The normalized spacial score (nSPS) is 11.9. The van der Waals surface area contributed by atoms with Crippen LogP contribution in [0.2, 0.25) is 0 Å². The van der Waals surface area contributed by atoms with Gasteiger partial charge in [-0.15, -0.1) is 0 Å². The summed E-state index contributed by atoms with van der Waals surface area (Å²) in [6.45, 7) is 7.01. The Bertz CT molecular complexity index is 386. The van der Waals surface area contributed by atoms with E-state index in [4.69, 9.17) is 4.74 Å². The molecule has 0 radical (unpaired) electrons. The summed E-state index contributed by atoms with van der Waals surface area (Å²) < 4.78 is 5.66. The zero-order chi connectivity index (χ0) is 14.8. The van der Waals surface area contributed by atoms with Crippen LogP contribution in [0.4, 0.5) is 0 Å². The summed E-state index contributed by atoms with van der Waals surface area (Å²) in [4.78, 5) is 11.9. The van der Waals surface area contributed by atoms with Gasteiger partial charge in [0.25, 0.3) is 5.91 Å². The molecular weight excluding hydrogens is 250 g/mol. The maximum Gasteiger partial charge on any atom is 0.251 e. The fourth-order valence-corrected chi connectivity index (χ4v) is 1.83. The quantitative estimate of drug-likeness (QED) is 0.688. The first-order chi connectivity index (χ1) is 9.67. The van der Waals surface area contributed by atoms with Crippen LogP contribution in [0.1, 0.15) is 63.2 Å². The van der Waals surface area contributed by atoms with Crippen LogP contribution in [0.15, 0.2) is 24.3 Å². The first-order valence-corrected chi connectivity index (χ1v) is 7.71. The van der Waals surface area contributed by atoms with Crippen LogP contribution in [0.3, 0.4) is 0 Å². The number of hydrogen-bond donors (Lipinski definition) is 1. The van der Waals surface area contributed by atoms with Gasteiger partial charge in [0.05, 0.1) is 6.61 Å². The number of carbonyl (C=O) groups is 1. The Morgan fingerprint density at radius 1 is 1.15 bits per heavy atom. The van der Waals surface area contributed by atoms with Crippen molar-refractivity contribution in [2.45, 2.75) is 58.9 Å². The lowest BCUT2D eigenvalue weighted by Gasteiger charge is -2.11. The zero-order valence-corrected chi connectivity index (χ0v) is 12.9. The van der Waals surface area contributed by atoms with E-state index in [0.29, 0.717) is 5.56 Å². The second-order valence-electron chi connectivity index (χ2n) is 5.22. The van der Waals surface area contributed by atoms with E-state index in [1.165, 1.54) is 19.3 Å².